The molecule has 0 bridgehead atoms. The summed E-state index contributed by atoms with van der Waals surface area (Å²) in [6.07, 6.45) is -3.67. The lowest BCUT2D eigenvalue weighted by atomic mass is 10.1. The molecule has 7 heteroatoms. The molecule has 0 saturated carbocycles. The molecule has 120 valence electrons. The SMILES string of the molecule is CCCCOc1ccc2ccc(F)c(F)c2c1OC(F)(F)F. The predicted molar refractivity (Wildman–Crippen MR) is 71.0 cm³/mol. The molecule has 0 aliphatic carbocycles. The monoisotopic (exact) mass is 320 g/mol. The van der Waals surface area contributed by atoms with E-state index in [1.807, 2.05) is 6.92 Å². The molecule has 0 spiro atoms. The molecule has 0 saturated heterocycles. The van der Waals surface area contributed by atoms with Gasteiger partial charge >= 0.3 is 6.36 Å². The Hall–Kier alpha value is -2.05. The van der Waals surface area contributed by atoms with Crippen molar-refractivity contribution in [2.24, 2.45) is 0 Å². The summed E-state index contributed by atoms with van der Waals surface area (Å²) in [5.74, 6) is -3.80. The summed E-state index contributed by atoms with van der Waals surface area (Å²) in [5.41, 5.74) is 0. The van der Waals surface area contributed by atoms with E-state index >= 15 is 0 Å². The lowest BCUT2D eigenvalue weighted by molar-refractivity contribution is -0.274. The van der Waals surface area contributed by atoms with Gasteiger partial charge < -0.3 is 9.47 Å². The second kappa shape index (κ2) is 6.37. The highest BCUT2D eigenvalue weighted by molar-refractivity contribution is 5.91. The van der Waals surface area contributed by atoms with Crippen molar-refractivity contribution in [2.75, 3.05) is 6.61 Å². The van der Waals surface area contributed by atoms with Gasteiger partial charge in [-0.05, 0) is 23.9 Å². The fourth-order valence-electron chi connectivity index (χ4n) is 1.96. The Balaban J connectivity index is 2.58. The van der Waals surface area contributed by atoms with Crippen molar-refractivity contribution in [3.05, 3.63) is 35.9 Å². The number of alkyl halides is 3. The van der Waals surface area contributed by atoms with Crippen molar-refractivity contribution in [2.45, 2.75) is 26.1 Å². The summed E-state index contributed by atoms with van der Waals surface area (Å²) in [4.78, 5) is 0. The average molecular weight is 320 g/mol. The van der Waals surface area contributed by atoms with Crippen molar-refractivity contribution in [3.63, 3.8) is 0 Å². The highest BCUT2D eigenvalue weighted by atomic mass is 19.4. The second-order valence-corrected chi connectivity index (χ2v) is 4.60. The Morgan fingerprint density at radius 2 is 1.73 bits per heavy atom. The van der Waals surface area contributed by atoms with Crippen LogP contribution in [0.4, 0.5) is 22.0 Å². The Morgan fingerprint density at radius 1 is 1.05 bits per heavy atom. The van der Waals surface area contributed by atoms with Gasteiger partial charge in [0, 0.05) is 0 Å². The minimum Gasteiger partial charge on any atom is -0.490 e. The maximum atomic E-state index is 13.9. The molecule has 0 aromatic heterocycles. The summed E-state index contributed by atoms with van der Waals surface area (Å²) < 4.78 is 74.1. The Kier molecular flexibility index (Phi) is 4.73. The second-order valence-electron chi connectivity index (χ2n) is 4.60. The summed E-state index contributed by atoms with van der Waals surface area (Å²) >= 11 is 0. The van der Waals surface area contributed by atoms with E-state index in [2.05, 4.69) is 4.74 Å². The van der Waals surface area contributed by atoms with Gasteiger partial charge in [0.1, 0.15) is 0 Å². The number of ether oxygens (including phenoxy) is 2. The maximum Gasteiger partial charge on any atom is 0.573 e. The molecule has 0 aliphatic rings. The van der Waals surface area contributed by atoms with Crippen LogP contribution in [0.1, 0.15) is 19.8 Å². The van der Waals surface area contributed by atoms with Gasteiger partial charge in [-0.25, -0.2) is 8.78 Å². The molecule has 2 aromatic rings. The molecule has 0 radical (unpaired) electrons. The number of hydrogen-bond acceptors (Lipinski definition) is 2. The van der Waals surface area contributed by atoms with Gasteiger partial charge in [0.15, 0.2) is 23.1 Å². The number of halogens is 5. The fraction of sp³-hybridized carbons (Fsp3) is 0.333. The first-order valence-electron chi connectivity index (χ1n) is 6.62. The molecular weight excluding hydrogens is 307 g/mol. The van der Waals surface area contributed by atoms with Crippen LogP contribution >= 0.6 is 0 Å². The van der Waals surface area contributed by atoms with E-state index in [4.69, 9.17) is 4.74 Å². The molecular formula is C15H13F5O2. The first-order valence-corrected chi connectivity index (χ1v) is 6.62. The van der Waals surface area contributed by atoms with Gasteiger partial charge in [0.2, 0.25) is 0 Å². The molecule has 0 amide bonds. The summed E-state index contributed by atoms with van der Waals surface area (Å²) in [5, 5.41) is -0.507. The molecule has 0 fully saturated rings. The molecule has 2 rings (SSSR count). The van der Waals surface area contributed by atoms with E-state index < -0.39 is 29.1 Å². The molecule has 22 heavy (non-hydrogen) atoms. The topological polar surface area (TPSA) is 18.5 Å². The van der Waals surface area contributed by atoms with E-state index in [9.17, 15) is 22.0 Å². The van der Waals surface area contributed by atoms with Gasteiger partial charge in [-0.15, -0.1) is 13.2 Å². The van der Waals surface area contributed by atoms with Crippen LogP contribution in [0.2, 0.25) is 0 Å². The van der Waals surface area contributed by atoms with Crippen LogP contribution in [-0.2, 0) is 0 Å². The zero-order valence-corrected chi connectivity index (χ0v) is 11.6. The van der Waals surface area contributed by atoms with E-state index in [0.29, 0.717) is 6.42 Å². The Labute approximate surface area is 123 Å². The van der Waals surface area contributed by atoms with Gasteiger partial charge in [-0.3, -0.25) is 0 Å². The van der Waals surface area contributed by atoms with Crippen LogP contribution in [0.15, 0.2) is 24.3 Å². The Morgan fingerprint density at radius 3 is 2.36 bits per heavy atom. The Bertz CT molecular complexity index is 667. The van der Waals surface area contributed by atoms with Crippen LogP contribution in [0.25, 0.3) is 10.8 Å². The standard InChI is InChI=1S/C15H13F5O2/c1-2-3-8-21-11-7-5-9-4-6-10(16)13(17)12(9)14(11)22-15(18,19)20/h4-7H,2-3,8H2,1H3. The lowest BCUT2D eigenvalue weighted by Crippen LogP contribution is -2.18. The number of unbranched alkanes of at least 4 members (excludes halogenated alkanes) is 1. The minimum absolute atomic E-state index is 0.0843. The third-order valence-corrected chi connectivity index (χ3v) is 2.97. The lowest BCUT2D eigenvalue weighted by Gasteiger charge is -2.16. The largest absolute Gasteiger partial charge is 0.573 e. The van der Waals surface area contributed by atoms with Crippen molar-refractivity contribution < 1.29 is 31.4 Å². The summed E-state index contributed by atoms with van der Waals surface area (Å²) in [7, 11) is 0. The van der Waals surface area contributed by atoms with E-state index in [-0.39, 0.29) is 17.7 Å². The van der Waals surface area contributed by atoms with E-state index in [1.165, 1.54) is 18.2 Å². The predicted octanol–water partition coefficient (Wildman–Crippen LogP) is 5.20. The maximum absolute atomic E-state index is 13.9. The minimum atomic E-state index is -5.05. The van der Waals surface area contributed by atoms with Gasteiger partial charge in [0.05, 0.1) is 12.0 Å². The average Bonchev–Trinajstić information content (AvgIpc) is 2.43. The van der Waals surface area contributed by atoms with Crippen molar-refractivity contribution >= 4 is 10.8 Å². The number of benzene rings is 2. The van der Waals surface area contributed by atoms with Gasteiger partial charge in [-0.2, -0.15) is 0 Å². The number of rotatable bonds is 5. The highest BCUT2D eigenvalue weighted by Crippen LogP contribution is 2.40. The smallest absolute Gasteiger partial charge is 0.490 e. The molecule has 2 aromatic carbocycles. The first-order chi connectivity index (χ1) is 10.3. The van der Waals surface area contributed by atoms with Crippen molar-refractivity contribution in [1.82, 2.24) is 0 Å². The van der Waals surface area contributed by atoms with Crippen LogP contribution in [0, 0.1) is 11.6 Å². The normalized spacial score (nSPS) is 11.7. The first kappa shape index (κ1) is 16.3. The van der Waals surface area contributed by atoms with Crippen LogP contribution in [0.5, 0.6) is 11.5 Å². The molecule has 0 unspecified atom stereocenters. The molecule has 0 heterocycles. The molecule has 2 nitrogen and oxygen atoms in total. The van der Waals surface area contributed by atoms with Crippen molar-refractivity contribution in [3.8, 4) is 11.5 Å². The van der Waals surface area contributed by atoms with E-state index in [1.54, 1.807) is 0 Å². The molecule has 0 N–H and O–H groups in total. The third-order valence-electron chi connectivity index (χ3n) is 2.97. The zero-order valence-electron chi connectivity index (χ0n) is 11.6. The zero-order chi connectivity index (χ0) is 16.3. The van der Waals surface area contributed by atoms with Gasteiger partial charge in [0.25, 0.3) is 0 Å². The van der Waals surface area contributed by atoms with Gasteiger partial charge in [-0.1, -0.05) is 25.5 Å². The molecule has 0 atom stereocenters. The van der Waals surface area contributed by atoms with Crippen LogP contribution in [-0.4, -0.2) is 13.0 Å². The van der Waals surface area contributed by atoms with Crippen molar-refractivity contribution in [1.29, 1.82) is 0 Å². The number of fused-ring (bicyclic) bond motifs is 1. The van der Waals surface area contributed by atoms with Crippen LogP contribution < -0.4 is 9.47 Å². The summed E-state index contributed by atoms with van der Waals surface area (Å²) in [6, 6.07) is 4.61. The fourth-order valence-corrected chi connectivity index (χ4v) is 1.96. The van der Waals surface area contributed by atoms with E-state index in [0.717, 1.165) is 12.5 Å². The third kappa shape index (κ3) is 3.58. The van der Waals surface area contributed by atoms with Crippen LogP contribution in [0.3, 0.4) is 0 Å². The number of hydrogen-bond donors (Lipinski definition) is 0. The quantitative estimate of drug-likeness (QED) is 0.557. The summed E-state index contributed by atoms with van der Waals surface area (Å²) in [6.45, 7) is 2.03. The highest BCUT2D eigenvalue weighted by Gasteiger charge is 2.34. The molecule has 0 aliphatic heterocycles.